The normalized spacial score (nSPS) is 21.4. The highest BCUT2D eigenvalue weighted by molar-refractivity contribution is 5.56. The molecule has 1 aliphatic carbocycles. The van der Waals surface area contributed by atoms with Crippen LogP contribution in [-0.4, -0.2) is 23.0 Å². The maximum absolute atomic E-state index is 5.17. The van der Waals surface area contributed by atoms with Crippen molar-refractivity contribution in [2.45, 2.75) is 25.8 Å². The van der Waals surface area contributed by atoms with Crippen molar-refractivity contribution in [1.82, 2.24) is 9.78 Å². The molecule has 1 fully saturated rings. The largest absolute Gasteiger partial charge is 0.377 e. The zero-order chi connectivity index (χ0) is 9.54. The van der Waals surface area contributed by atoms with E-state index in [1.54, 1.807) is 0 Å². The Morgan fingerprint density at radius 2 is 2.29 bits per heavy atom. The number of ether oxygens (including phenoxy) is 1. The molecule has 14 heavy (non-hydrogen) atoms. The number of nitrogens with zero attached hydrogens (tertiary/aromatic N) is 2. The Hall–Kier alpha value is -1.09. The number of aromatic nitrogens is 2. The van der Waals surface area contributed by atoms with Gasteiger partial charge in [-0.05, 0) is 19.8 Å². The molecule has 1 aliphatic heterocycles. The maximum atomic E-state index is 5.17. The molecule has 0 unspecified atom stereocenters. The number of hydrogen-bond acceptors (Lipinski definition) is 2. The fourth-order valence-electron chi connectivity index (χ4n) is 1.97. The maximum Gasteiger partial charge on any atom is 0.0985 e. The standard InChI is InChI=1S/C11H14N2O/c1-8-2-3-11-9(4-8)5-13(12-11)10-6-14-7-10/h4-5,10H,2-3,6-7H2,1H3. The zero-order valence-corrected chi connectivity index (χ0v) is 8.36. The van der Waals surface area contributed by atoms with E-state index in [4.69, 9.17) is 4.74 Å². The molecule has 1 saturated heterocycles. The Morgan fingerprint density at radius 3 is 3.00 bits per heavy atom. The lowest BCUT2D eigenvalue weighted by Crippen LogP contribution is -2.31. The molecule has 0 atom stereocenters. The lowest BCUT2D eigenvalue weighted by atomic mass is 9.99. The predicted octanol–water partition coefficient (Wildman–Crippen LogP) is 1.80. The molecule has 0 radical (unpaired) electrons. The Labute approximate surface area is 83.4 Å². The van der Waals surface area contributed by atoms with Gasteiger partial charge in [0.25, 0.3) is 0 Å². The summed E-state index contributed by atoms with van der Waals surface area (Å²) in [6, 6.07) is 0.481. The lowest BCUT2D eigenvalue weighted by Gasteiger charge is -2.25. The Bertz CT molecular complexity index is 388. The van der Waals surface area contributed by atoms with Gasteiger partial charge in [-0.25, -0.2) is 0 Å². The molecule has 3 heteroatoms. The molecule has 2 heterocycles. The summed E-state index contributed by atoms with van der Waals surface area (Å²) in [5.74, 6) is 0. The van der Waals surface area contributed by atoms with Crippen molar-refractivity contribution in [2.24, 2.45) is 0 Å². The second-order valence-corrected chi connectivity index (χ2v) is 4.19. The van der Waals surface area contributed by atoms with E-state index in [0.29, 0.717) is 6.04 Å². The third kappa shape index (κ3) is 1.20. The van der Waals surface area contributed by atoms with Crippen molar-refractivity contribution in [3.8, 4) is 0 Å². The van der Waals surface area contributed by atoms with E-state index < -0.39 is 0 Å². The summed E-state index contributed by atoms with van der Waals surface area (Å²) in [6.45, 7) is 3.83. The van der Waals surface area contributed by atoms with Gasteiger partial charge in [0, 0.05) is 11.8 Å². The van der Waals surface area contributed by atoms with Crippen molar-refractivity contribution in [2.75, 3.05) is 13.2 Å². The van der Waals surface area contributed by atoms with Crippen LogP contribution in [0.4, 0.5) is 0 Å². The second kappa shape index (κ2) is 2.95. The van der Waals surface area contributed by atoms with E-state index in [1.165, 1.54) is 16.8 Å². The third-order valence-corrected chi connectivity index (χ3v) is 2.99. The summed E-state index contributed by atoms with van der Waals surface area (Å²) in [5.41, 5.74) is 4.02. The minimum atomic E-state index is 0.481. The molecule has 3 nitrogen and oxygen atoms in total. The molecular weight excluding hydrogens is 176 g/mol. The molecule has 0 bridgehead atoms. The summed E-state index contributed by atoms with van der Waals surface area (Å²) in [5, 5.41) is 4.60. The van der Waals surface area contributed by atoms with E-state index in [9.17, 15) is 0 Å². The number of fused-ring (bicyclic) bond motifs is 1. The van der Waals surface area contributed by atoms with Gasteiger partial charge in [-0.15, -0.1) is 0 Å². The molecule has 3 rings (SSSR count). The van der Waals surface area contributed by atoms with Gasteiger partial charge >= 0.3 is 0 Å². The minimum Gasteiger partial charge on any atom is -0.377 e. The van der Waals surface area contributed by atoms with Gasteiger partial charge in [-0.2, -0.15) is 5.10 Å². The number of rotatable bonds is 1. The fourth-order valence-corrected chi connectivity index (χ4v) is 1.97. The fraction of sp³-hybridized carbons (Fsp3) is 0.545. The average molecular weight is 190 g/mol. The van der Waals surface area contributed by atoms with Crippen molar-refractivity contribution in [3.05, 3.63) is 23.0 Å². The molecule has 1 aromatic heterocycles. The van der Waals surface area contributed by atoms with Crippen LogP contribution in [-0.2, 0) is 11.2 Å². The molecule has 74 valence electrons. The van der Waals surface area contributed by atoms with Crippen LogP contribution in [0.1, 0.15) is 30.6 Å². The number of allylic oxidation sites excluding steroid dienone is 1. The highest BCUT2D eigenvalue weighted by Gasteiger charge is 2.23. The second-order valence-electron chi connectivity index (χ2n) is 4.19. The van der Waals surface area contributed by atoms with Gasteiger partial charge in [0.05, 0.1) is 24.9 Å². The molecule has 2 aliphatic rings. The van der Waals surface area contributed by atoms with Gasteiger partial charge in [0.15, 0.2) is 0 Å². The zero-order valence-electron chi connectivity index (χ0n) is 8.36. The SMILES string of the molecule is CC1=Cc2cn(C3COC3)nc2CC1. The predicted molar refractivity (Wildman–Crippen MR) is 54.1 cm³/mol. The van der Waals surface area contributed by atoms with Crippen LogP contribution in [0.3, 0.4) is 0 Å². The number of hydrogen-bond donors (Lipinski definition) is 0. The summed E-state index contributed by atoms with van der Waals surface area (Å²) in [4.78, 5) is 0. The first-order valence-electron chi connectivity index (χ1n) is 5.16. The minimum absolute atomic E-state index is 0.481. The van der Waals surface area contributed by atoms with E-state index >= 15 is 0 Å². The third-order valence-electron chi connectivity index (χ3n) is 2.99. The van der Waals surface area contributed by atoms with Gasteiger partial charge in [0.1, 0.15) is 0 Å². The highest BCUT2D eigenvalue weighted by atomic mass is 16.5. The number of aryl methyl sites for hydroxylation is 1. The average Bonchev–Trinajstić information content (AvgIpc) is 2.43. The first-order chi connectivity index (χ1) is 6.83. The van der Waals surface area contributed by atoms with Crippen LogP contribution in [0.2, 0.25) is 0 Å². The lowest BCUT2D eigenvalue weighted by molar-refractivity contribution is -0.0287. The topological polar surface area (TPSA) is 27.1 Å². The van der Waals surface area contributed by atoms with Crippen LogP contribution in [0.5, 0.6) is 0 Å². The van der Waals surface area contributed by atoms with Gasteiger partial charge in [-0.3, -0.25) is 4.68 Å². The molecule has 1 aromatic rings. The Balaban J connectivity index is 1.95. The van der Waals surface area contributed by atoms with Crippen LogP contribution < -0.4 is 0 Å². The molecule has 0 spiro atoms. The molecule has 0 N–H and O–H groups in total. The summed E-state index contributed by atoms with van der Waals surface area (Å²) in [6.07, 6.45) is 6.66. The van der Waals surface area contributed by atoms with Gasteiger partial charge < -0.3 is 4.74 Å². The van der Waals surface area contributed by atoms with Crippen molar-refractivity contribution < 1.29 is 4.74 Å². The molecule has 0 saturated carbocycles. The van der Waals surface area contributed by atoms with Gasteiger partial charge in [-0.1, -0.05) is 11.6 Å². The van der Waals surface area contributed by atoms with E-state index in [0.717, 1.165) is 26.1 Å². The summed E-state index contributed by atoms with van der Waals surface area (Å²) in [7, 11) is 0. The summed E-state index contributed by atoms with van der Waals surface area (Å²) < 4.78 is 7.24. The van der Waals surface area contributed by atoms with Crippen molar-refractivity contribution in [1.29, 1.82) is 0 Å². The molecular formula is C11H14N2O. The van der Waals surface area contributed by atoms with Crippen LogP contribution >= 0.6 is 0 Å². The monoisotopic (exact) mass is 190 g/mol. The Kier molecular flexibility index (Phi) is 1.74. The van der Waals surface area contributed by atoms with Crippen molar-refractivity contribution in [3.63, 3.8) is 0 Å². The first-order valence-corrected chi connectivity index (χ1v) is 5.16. The van der Waals surface area contributed by atoms with Crippen LogP contribution in [0.15, 0.2) is 11.8 Å². The smallest absolute Gasteiger partial charge is 0.0985 e. The van der Waals surface area contributed by atoms with Crippen LogP contribution in [0, 0.1) is 0 Å². The quantitative estimate of drug-likeness (QED) is 0.675. The van der Waals surface area contributed by atoms with E-state index in [2.05, 4.69) is 29.0 Å². The Morgan fingerprint density at radius 1 is 1.43 bits per heavy atom. The molecule has 0 aromatic carbocycles. The molecule has 0 amide bonds. The van der Waals surface area contributed by atoms with Crippen LogP contribution in [0.25, 0.3) is 6.08 Å². The van der Waals surface area contributed by atoms with E-state index in [1.807, 2.05) is 0 Å². The highest BCUT2D eigenvalue weighted by Crippen LogP contribution is 2.25. The van der Waals surface area contributed by atoms with Crippen molar-refractivity contribution >= 4 is 6.08 Å². The first kappa shape index (κ1) is 8.24. The van der Waals surface area contributed by atoms with E-state index in [-0.39, 0.29) is 0 Å². The summed E-state index contributed by atoms with van der Waals surface area (Å²) >= 11 is 0. The van der Waals surface area contributed by atoms with Gasteiger partial charge in [0.2, 0.25) is 0 Å².